The van der Waals surface area contributed by atoms with Gasteiger partial charge < -0.3 is 15.1 Å². The van der Waals surface area contributed by atoms with E-state index in [1.807, 2.05) is 18.7 Å². The van der Waals surface area contributed by atoms with Gasteiger partial charge in [0.1, 0.15) is 0 Å². The highest BCUT2D eigenvalue weighted by Crippen LogP contribution is 2.12. The summed E-state index contributed by atoms with van der Waals surface area (Å²) in [6.07, 6.45) is 5.47. The summed E-state index contributed by atoms with van der Waals surface area (Å²) in [6.45, 7) is 9.09. The summed E-state index contributed by atoms with van der Waals surface area (Å²) in [5, 5.41) is 3.45. The molecule has 1 atom stereocenters. The zero-order valence-electron chi connectivity index (χ0n) is 13.0. The van der Waals surface area contributed by atoms with E-state index in [1.54, 1.807) is 0 Å². The molecule has 0 saturated carbocycles. The van der Waals surface area contributed by atoms with Crippen LogP contribution in [-0.4, -0.2) is 61.5 Å². The van der Waals surface area contributed by atoms with Crippen molar-refractivity contribution in [2.45, 2.75) is 52.0 Å². The number of carbonyl (C=O) groups is 1. The second-order valence-corrected chi connectivity index (χ2v) is 5.48. The maximum atomic E-state index is 11.9. The Morgan fingerprint density at radius 2 is 1.95 bits per heavy atom. The van der Waals surface area contributed by atoms with Crippen LogP contribution in [0.2, 0.25) is 0 Å². The monoisotopic (exact) mass is 269 g/mol. The van der Waals surface area contributed by atoms with Gasteiger partial charge in [-0.05, 0) is 66.2 Å². The predicted octanol–water partition coefficient (Wildman–Crippen LogP) is 1.71. The highest BCUT2D eigenvalue weighted by atomic mass is 16.2. The molecule has 4 heteroatoms. The van der Waals surface area contributed by atoms with Crippen LogP contribution in [0.15, 0.2) is 0 Å². The molecule has 0 aromatic heterocycles. The first-order chi connectivity index (χ1) is 9.19. The molecule has 112 valence electrons. The van der Waals surface area contributed by atoms with Crippen LogP contribution in [0.5, 0.6) is 0 Å². The molecular weight excluding hydrogens is 238 g/mol. The molecule has 0 aromatic rings. The largest absolute Gasteiger partial charge is 0.343 e. The van der Waals surface area contributed by atoms with Crippen LogP contribution in [0.25, 0.3) is 0 Å². The van der Waals surface area contributed by atoms with E-state index in [-0.39, 0.29) is 0 Å². The minimum atomic E-state index is 0.306. The zero-order chi connectivity index (χ0) is 14.1. The fraction of sp³-hybridized carbons (Fsp3) is 0.933. The molecule has 0 aromatic carbocycles. The first-order valence-corrected chi connectivity index (χ1v) is 7.87. The predicted molar refractivity (Wildman–Crippen MR) is 80.3 cm³/mol. The van der Waals surface area contributed by atoms with Crippen molar-refractivity contribution in [3.8, 4) is 0 Å². The van der Waals surface area contributed by atoms with Gasteiger partial charge in [0.15, 0.2) is 0 Å². The summed E-state index contributed by atoms with van der Waals surface area (Å²) in [7, 11) is 2.21. The number of nitrogens with one attached hydrogen (secondary N) is 1. The summed E-state index contributed by atoms with van der Waals surface area (Å²) in [6, 6.07) is 0.693. The average Bonchev–Trinajstić information content (AvgIpc) is 2.69. The van der Waals surface area contributed by atoms with E-state index >= 15 is 0 Å². The molecule has 0 aliphatic carbocycles. The smallest absolute Gasteiger partial charge is 0.222 e. The standard InChI is InChI=1S/C15H31N3O/c1-4-18(5-2)15(19)9-7-13-17(3)14-8-6-11-16-12-10-14/h14,16H,4-13H2,1-3H3. The van der Waals surface area contributed by atoms with Gasteiger partial charge in [0.2, 0.25) is 5.91 Å². The SMILES string of the molecule is CCN(CC)C(=O)CCCN(C)C1CCCNCC1. The molecular formula is C15H31N3O. The third-order valence-corrected chi connectivity index (χ3v) is 4.19. The Bertz CT molecular complexity index is 246. The topological polar surface area (TPSA) is 35.6 Å². The Kier molecular flexibility index (Phi) is 8.07. The molecule has 4 nitrogen and oxygen atoms in total. The van der Waals surface area contributed by atoms with Crippen LogP contribution >= 0.6 is 0 Å². The summed E-state index contributed by atoms with van der Waals surface area (Å²) >= 11 is 0. The van der Waals surface area contributed by atoms with E-state index in [4.69, 9.17) is 0 Å². The van der Waals surface area contributed by atoms with E-state index in [9.17, 15) is 4.79 Å². The Morgan fingerprint density at radius 1 is 1.21 bits per heavy atom. The average molecular weight is 269 g/mol. The van der Waals surface area contributed by atoms with Gasteiger partial charge in [-0.3, -0.25) is 4.79 Å². The number of hydrogen-bond acceptors (Lipinski definition) is 3. The summed E-state index contributed by atoms with van der Waals surface area (Å²) in [4.78, 5) is 16.3. The number of nitrogens with zero attached hydrogens (tertiary/aromatic N) is 2. The molecule has 1 fully saturated rings. The van der Waals surface area contributed by atoms with Crippen molar-refractivity contribution in [3.63, 3.8) is 0 Å². The second kappa shape index (κ2) is 9.32. The summed E-state index contributed by atoms with van der Waals surface area (Å²) < 4.78 is 0. The molecule has 1 aliphatic heterocycles. The van der Waals surface area contributed by atoms with Crippen molar-refractivity contribution in [2.24, 2.45) is 0 Å². The molecule has 0 bridgehead atoms. The summed E-state index contributed by atoms with van der Waals surface area (Å²) in [5.41, 5.74) is 0. The fourth-order valence-electron chi connectivity index (χ4n) is 2.84. The van der Waals surface area contributed by atoms with Crippen molar-refractivity contribution in [1.82, 2.24) is 15.1 Å². The Balaban J connectivity index is 2.22. The Hall–Kier alpha value is -0.610. The molecule has 1 N–H and O–H groups in total. The first kappa shape index (κ1) is 16.4. The molecule has 1 aliphatic rings. The van der Waals surface area contributed by atoms with E-state index in [0.717, 1.165) is 39.1 Å². The number of hydrogen-bond donors (Lipinski definition) is 1. The van der Waals surface area contributed by atoms with Crippen LogP contribution in [0.4, 0.5) is 0 Å². The van der Waals surface area contributed by atoms with Gasteiger partial charge in [-0.15, -0.1) is 0 Å². The minimum absolute atomic E-state index is 0.306. The van der Waals surface area contributed by atoms with Gasteiger partial charge in [0.05, 0.1) is 0 Å². The third-order valence-electron chi connectivity index (χ3n) is 4.19. The highest BCUT2D eigenvalue weighted by molar-refractivity contribution is 5.76. The molecule has 19 heavy (non-hydrogen) atoms. The second-order valence-electron chi connectivity index (χ2n) is 5.48. The van der Waals surface area contributed by atoms with Crippen molar-refractivity contribution in [2.75, 3.05) is 39.8 Å². The van der Waals surface area contributed by atoms with Crippen LogP contribution in [0.3, 0.4) is 0 Å². The maximum Gasteiger partial charge on any atom is 0.222 e. The van der Waals surface area contributed by atoms with E-state index < -0.39 is 0 Å². The van der Waals surface area contributed by atoms with Crippen LogP contribution < -0.4 is 5.32 Å². The lowest BCUT2D eigenvalue weighted by atomic mass is 10.1. The quantitative estimate of drug-likeness (QED) is 0.764. The van der Waals surface area contributed by atoms with Crippen LogP contribution in [0, 0.1) is 0 Å². The Labute approximate surface area is 118 Å². The van der Waals surface area contributed by atoms with Crippen molar-refractivity contribution >= 4 is 5.91 Å². The van der Waals surface area contributed by atoms with E-state index in [1.165, 1.54) is 19.3 Å². The van der Waals surface area contributed by atoms with E-state index in [2.05, 4.69) is 17.3 Å². The van der Waals surface area contributed by atoms with Gasteiger partial charge in [-0.2, -0.15) is 0 Å². The number of rotatable bonds is 7. The molecule has 0 spiro atoms. The van der Waals surface area contributed by atoms with Crippen LogP contribution in [0.1, 0.15) is 46.0 Å². The van der Waals surface area contributed by atoms with Crippen molar-refractivity contribution in [3.05, 3.63) is 0 Å². The highest BCUT2D eigenvalue weighted by Gasteiger charge is 2.17. The number of amides is 1. The third kappa shape index (κ3) is 5.91. The first-order valence-electron chi connectivity index (χ1n) is 7.87. The lowest BCUT2D eigenvalue weighted by Crippen LogP contribution is -2.35. The van der Waals surface area contributed by atoms with Gasteiger partial charge >= 0.3 is 0 Å². The summed E-state index contributed by atoms with van der Waals surface area (Å²) in [5.74, 6) is 0.306. The normalized spacial score (nSPS) is 20.3. The molecule has 1 saturated heterocycles. The lowest BCUT2D eigenvalue weighted by Gasteiger charge is -2.27. The molecule has 1 heterocycles. The minimum Gasteiger partial charge on any atom is -0.343 e. The van der Waals surface area contributed by atoms with Crippen molar-refractivity contribution in [1.29, 1.82) is 0 Å². The molecule has 0 radical (unpaired) electrons. The van der Waals surface area contributed by atoms with Gasteiger partial charge in [0, 0.05) is 25.6 Å². The van der Waals surface area contributed by atoms with Gasteiger partial charge in [0.25, 0.3) is 0 Å². The molecule has 1 rings (SSSR count). The number of carbonyl (C=O) groups excluding carboxylic acids is 1. The molecule has 1 amide bonds. The van der Waals surface area contributed by atoms with Gasteiger partial charge in [-0.1, -0.05) is 0 Å². The Morgan fingerprint density at radius 3 is 2.63 bits per heavy atom. The van der Waals surface area contributed by atoms with Crippen molar-refractivity contribution < 1.29 is 4.79 Å². The van der Waals surface area contributed by atoms with Gasteiger partial charge in [-0.25, -0.2) is 0 Å². The fourth-order valence-corrected chi connectivity index (χ4v) is 2.84. The van der Waals surface area contributed by atoms with E-state index in [0.29, 0.717) is 18.4 Å². The molecule has 1 unspecified atom stereocenters. The maximum absolute atomic E-state index is 11.9. The van der Waals surface area contributed by atoms with Crippen LogP contribution in [-0.2, 0) is 4.79 Å². The lowest BCUT2D eigenvalue weighted by molar-refractivity contribution is -0.131. The zero-order valence-corrected chi connectivity index (χ0v) is 13.0.